The van der Waals surface area contributed by atoms with Crippen molar-refractivity contribution in [2.24, 2.45) is 5.73 Å². The summed E-state index contributed by atoms with van der Waals surface area (Å²) in [5, 5.41) is 7.47. The van der Waals surface area contributed by atoms with Gasteiger partial charge in [-0.15, -0.1) is 0 Å². The summed E-state index contributed by atoms with van der Waals surface area (Å²) < 4.78 is 0. The van der Waals surface area contributed by atoms with Crippen molar-refractivity contribution < 1.29 is 9.59 Å². The molecule has 4 N–H and O–H groups in total. The monoisotopic (exact) mass is 317 g/mol. The van der Waals surface area contributed by atoms with E-state index in [1.54, 1.807) is 11.8 Å². The second-order valence-corrected chi connectivity index (χ2v) is 5.88. The lowest BCUT2D eigenvalue weighted by Gasteiger charge is -2.17. The third-order valence-electron chi connectivity index (χ3n) is 3.26. The van der Waals surface area contributed by atoms with Gasteiger partial charge in [0.15, 0.2) is 0 Å². The smallest absolute Gasteiger partial charge is 0.312 e. The summed E-state index contributed by atoms with van der Waals surface area (Å²) in [4.78, 5) is 23.3. The molecule has 0 saturated heterocycles. The van der Waals surface area contributed by atoms with Crippen molar-refractivity contribution in [2.45, 2.75) is 12.5 Å². The van der Waals surface area contributed by atoms with Gasteiger partial charge in [0, 0.05) is 5.69 Å². The summed E-state index contributed by atoms with van der Waals surface area (Å²) >= 11 is 1.61. The van der Waals surface area contributed by atoms with Crippen molar-refractivity contribution in [3.05, 3.63) is 42.5 Å². The van der Waals surface area contributed by atoms with Gasteiger partial charge in [-0.3, -0.25) is 4.79 Å². The second-order valence-electron chi connectivity index (χ2n) is 4.89. The lowest BCUT2D eigenvalue weighted by atomic mass is 10.1. The summed E-state index contributed by atoms with van der Waals surface area (Å²) in [5.74, 6) is 0.499. The molecule has 3 amide bonds. The van der Waals surface area contributed by atoms with Gasteiger partial charge in [-0.05, 0) is 41.3 Å². The number of amides is 3. The molecule has 0 aliphatic carbocycles. The number of urea groups is 1. The van der Waals surface area contributed by atoms with Gasteiger partial charge in [0.25, 0.3) is 0 Å². The van der Waals surface area contributed by atoms with Crippen molar-refractivity contribution in [1.29, 1.82) is 0 Å². The number of anilines is 1. The number of benzene rings is 2. The van der Waals surface area contributed by atoms with Crippen LogP contribution in [0, 0.1) is 0 Å². The van der Waals surface area contributed by atoms with E-state index in [-0.39, 0.29) is 5.91 Å². The van der Waals surface area contributed by atoms with Gasteiger partial charge in [-0.25, -0.2) is 4.79 Å². The maximum Gasteiger partial charge on any atom is 0.312 e. The Hall–Kier alpha value is -2.21. The number of nitrogens with one attached hydrogen (secondary N) is 2. The fourth-order valence-electron chi connectivity index (χ4n) is 2.17. The zero-order valence-corrected chi connectivity index (χ0v) is 13.2. The second kappa shape index (κ2) is 7.70. The molecular weight excluding hydrogens is 298 g/mol. The van der Waals surface area contributed by atoms with Crippen molar-refractivity contribution in [1.82, 2.24) is 5.32 Å². The van der Waals surface area contributed by atoms with Gasteiger partial charge in [-0.1, -0.05) is 30.3 Å². The van der Waals surface area contributed by atoms with E-state index in [9.17, 15) is 9.59 Å². The first-order valence-corrected chi connectivity index (χ1v) is 8.34. The Balaban J connectivity index is 2.10. The zero-order valence-electron chi connectivity index (χ0n) is 12.3. The molecule has 0 aromatic heterocycles. The van der Waals surface area contributed by atoms with Gasteiger partial charge in [0.1, 0.15) is 6.04 Å². The van der Waals surface area contributed by atoms with Crippen molar-refractivity contribution in [2.75, 3.05) is 17.3 Å². The fourth-order valence-corrected chi connectivity index (χ4v) is 2.64. The number of rotatable bonds is 6. The highest BCUT2D eigenvalue weighted by Crippen LogP contribution is 2.19. The average molecular weight is 317 g/mol. The molecule has 0 unspecified atom stereocenters. The molecule has 0 aliphatic rings. The molecule has 6 heteroatoms. The van der Waals surface area contributed by atoms with E-state index in [1.165, 1.54) is 0 Å². The molecule has 2 aromatic carbocycles. The minimum absolute atomic E-state index is 0.261. The molecule has 116 valence electrons. The Morgan fingerprint density at radius 2 is 1.91 bits per heavy atom. The summed E-state index contributed by atoms with van der Waals surface area (Å²) in [7, 11) is 0. The molecule has 22 heavy (non-hydrogen) atoms. The largest absolute Gasteiger partial charge is 0.352 e. The SMILES string of the molecule is CSCC[C@H](NC(N)=O)C(=O)Nc1ccc2ccccc2c1. The van der Waals surface area contributed by atoms with Crippen LogP contribution in [0.25, 0.3) is 10.8 Å². The van der Waals surface area contributed by atoms with E-state index in [4.69, 9.17) is 5.73 Å². The van der Waals surface area contributed by atoms with Crippen LogP contribution in [0.15, 0.2) is 42.5 Å². The maximum absolute atomic E-state index is 12.3. The van der Waals surface area contributed by atoms with E-state index < -0.39 is 12.1 Å². The molecular formula is C16H19N3O2S. The zero-order chi connectivity index (χ0) is 15.9. The highest BCUT2D eigenvalue weighted by Gasteiger charge is 2.19. The Bertz CT molecular complexity index is 675. The molecule has 0 saturated carbocycles. The fraction of sp³-hybridized carbons (Fsp3) is 0.250. The molecule has 5 nitrogen and oxygen atoms in total. The molecule has 2 rings (SSSR count). The van der Waals surface area contributed by atoms with Crippen LogP contribution in [-0.2, 0) is 4.79 Å². The minimum Gasteiger partial charge on any atom is -0.352 e. The van der Waals surface area contributed by atoms with Crippen LogP contribution in [0.5, 0.6) is 0 Å². The predicted molar refractivity (Wildman–Crippen MR) is 92.1 cm³/mol. The summed E-state index contributed by atoms with van der Waals surface area (Å²) in [6.07, 6.45) is 2.48. The Morgan fingerprint density at radius 1 is 1.18 bits per heavy atom. The number of nitrogens with two attached hydrogens (primary N) is 1. The van der Waals surface area contributed by atoms with Gasteiger partial charge in [0.2, 0.25) is 5.91 Å². The maximum atomic E-state index is 12.3. The van der Waals surface area contributed by atoms with Crippen LogP contribution in [0.4, 0.5) is 10.5 Å². The molecule has 0 bridgehead atoms. The van der Waals surface area contributed by atoms with Crippen LogP contribution in [0.2, 0.25) is 0 Å². The summed E-state index contributed by atoms with van der Waals surface area (Å²) in [6, 6.07) is 12.3. The highest BCUT2D eigenvalue weighted by atomic mass is 32.2. The summed E-state index contributed by atoms with van der Waals surface area (Å²) in [5.41, 5.74) is 5.83. The van der Waals surface area contributed by atoms with Crippen LogP contribution in [-0.4, -0.2) is 30.0 Å². The first-order chi connectivity index (χ1) is 10.6. The normalized spacial score (nSPS) is 11.9. The summed E-state index contributed by atoms with van der Waals surface area (Å²) in [6.45, 7) is 0. The Labute approximate surface area is 133 Å². The number of hydrogen-bond donors (Lipinski definition) is 3. The van der Waals surface area contributed by atoms with Crippen LogP contribution < -0.4 is 16.4 Å². The van der Waals surface area contributed by atoms with Gasteiger partial charge < -0.3 is 16.4 Å². The van der Waals surface area contributed by atoms with E-state index in [0.29, 0.717) is 12.1 Å². The molecule has 0 spiro atoms. The van der Waals surface area contributed by atoms with E-state index in [1.807, 2.05) is 48.7 Å². The third kappa shape index (κ3) is 4.39. The molecule has 0 radical (unpaired) electrons. The van der Waals surface area contributed by atoms with Crippen LogP contribution >= 0.6 is 11.8 Å². The highest BCUT2D eigenvalue weighted by molar-refractivity contribution is 7.98. The van der Waals surface area contributed by atoms with E-state index in [2.05, 4.69) is 10.6 Å². The quantitative estimate of drug-likeness (QED) is 0.765. The number of hydrogen-bond acceptors (Lipinski definition) is 3. The number of carbonyl (C=O) groups is 2. The molecule has 1 atom stereocenters. The Kier molecular flexibility index (Phi) is 5.66. The number of fused-ring (bicyclic) bond motifs is 1. The molecule has 0 heterocycles. The van der Waals surface area contributed by atoms with Crippen molar-refractivity contribution in [3.8, 4) is 0 Å². The third-order valence-corrected chi connectivity index (χ3v) is 3.90. The Morgan fingerprint density at radius 3 is 2.59 bits per heavy atom. The lowest BCUT2D eigenvalue weighted by molar-refractivity contribution is -0.117. The minimum atomic E-state index is -0.695. The first kappa shape index (κ1) is 16.2. The van der Waals surface area contributed by atoms with E-state index in [0.717, 1.165) is 16.5 Å². The van der Waals surface area contributed by atoms with Gasteiger partial charge >= 0.3 is 6.03 Å². The predicted octanol–water partition coefficient (Wildman–Crippen LogP) is 2.57. The molecule has 0 aliphatic heterocycles. The number of carbonyl (C=O) groups excluding carboxylic acids is 2. The van der Waals surface area contributed by atoms with Crippen molar-refractivity contribution >= 4 is 40.2 Å². The van der Waals surface area contributed by atoms with Crippen LogP contribution in [0.3, 0.4) is 0 Å². The van der Waals surface area contributed by atoms with E-state index >= 15 is 0 Å². The lowest BCUT2D eigenvalue weighted by Crippen LogP contribution is -2.46. The molecule has 0 fully saturated rings. The number of thioether (sulfide) groups is 1. The van der Waals surface area contributed by atoms with Crippen LogP contribution in [0.1, 0.15) is 6.42 Å². The van der Waals surface area contributed by atoms with Gasteiger partial charge in [-0.2, -0.15) is 11.8 Å². The number of primary amides is 1. The standard InChI is InChI=1S/C16H19N3O2S/c1-22-9-8-14(19-16(17)21)15(20)18-13-7-6-11-4-2-3-5-12(11)10-13/h2-7,10,14H,8-9H2,1H3,(H,18,20)(H3,17,19,21)/t14-/m0/s1. The topological polar surface area (TPSA) is 84.2 Å². The van der Waals surface area contributed by atoms with Gasteiger partial charge in [0.05, 0.1) is 0 Å². The first-order valence-electron chi connectivity index (χ1n) is 6.94. The molecule has 2 aromatic rings. The van der Waals surface area contributed by atoms with Crippen molar-refractivity contribution in [3.63, 3.8) is 0 Å². The average Bonchev–Trinajstić information content (AvgIpc) is 2.51.